The van der Waals surface area contributed by atoms with Crippen molar-refractivity contribution in [3.8, 4) is 0 Å². The van der Waals surface area contributed by atoms with Crippen molar-refractivity contribution in [2.24, 2.45) is 11.8 Å². The number of carbonyl (C=O) groups is 4. The van der Waals surface area contributed by atoms with Crippen molar-refractivity contribution >= 4 is 39.5 Å². The molecule has 0 radical (unpaired) electrons. The van der Waals surface area contributed by atoms with E-state index >= 15 is 0 Å². The van der Waals surface area contributed by atoms with Crippen molar-refractivity contribution in [2.75, 3.05) is 39.6 Å². The molecule has 0 saturated carbocycles. The van der Waals surface area contributed by atoms with E-state index in [1.165, 1.54) is 161 Å². The number of esters is 4. The van der Waals surface area contributed by atoms with Gasteiger partial charge >= 0.3 is 39.5 Å². The number of phosphoric ester groups is 2. The minimum atomic E-state index is -4.95. The number of hydrogen-bond acceptors (Lipinski definition) is 15. The highest BCUT2D eigenvalue weighted by Gasteiger charge is 2.30. The van der Waals surface area contributed by atoms with E-state index in [0.29, 0.717) is 25.7 Å². The molecule has 0 aromatic carbocycles. The van der Waals surface area contributed by atoms with E-state index < -0.39 is 97.5 Å². The first-order chi connectivity index (χ1) is 42.9. The molecule has 19 heteroatoms. The Bertz CT molecular complexity index is 1740. The van der Waals surface area contributed by atoms with E-state index in [4.69, 9.17) is 37.0 Å². The predicted octanol–water partition coefficient (Wildman–Crippen LogP) is 20.0. The summed E-state index contributed by atoms with van der Waals surface area (Å²) in [6.07, 6.45) is 47.3. The number of ether oxygens (including phenoxy) is 4. The molecule has 0 aromatic rings. The molecule has 0 rings (SSSR count). The van der Waals surface area contributed by atoms with Crippen molar-refractivity contribution in [1.29, 1.82) is 0 Å². The van der Waals surface area contributed by atoms with Gasteiger partial charge in [0, 0.05) is 25.7 Å². The Morgan fingerprint density at radius 2 is 0.539 bits per heavy atom. The second-order valence-electron chi connectivity index (χ2n) is 25.8. The van der Waals surface area contributed by atoms with E-state index in [9.17, 15) is 43.2 Å². The maximum Gasteiger partial charge on any atom is 0.472 e. The van der Waals surface area contributed by atoms with Gasteiger partial charge in [-0.2, -0.15) is 0 Å². The lowest BCUT2D eigenvalue weighted by Crippen LogP contribution is -2.30. The van der Waals surface area contributed by atoms with Gasteiger partial charge in [-0.3, -0.25) is 37.3 Å². The first-order valence-electron chi connectivity index (χ1n) is 36.6. The molecule has 0 spiro atoms. The minimum Gasteiger partial charge on any atom is -0.462 e. The molecule has 7 atom stereocenters. The van der Waals surface area contributed by atoms with Crippen molar-refractivity contribution < 1.29 is 80.2 Å². The third kappa shape index (κ3) is 62.0. The second-order valence-corrected chi connectivity index (χ2v) is 28.7. The monoisotopic (exact) mass is 1310 g/mol. The number of phosphoric acid groups is 2. The van der Waals surface area contributed by atoms with Gasteiger partial charge in [0.15, 0.2) is 12.2 Å². The summed E-state index contributed by atoms with van der Waals surface area (Å²) >= 11 is 0. The third-order valence-corrected chi connectivity index (χ3v) is 18.8. The third-order valence-electron chi connectivity index (χ3n) is 16.9. The normalized spacial score (nSPS) is 14.8. The first-order valence-corrected chi connectivity index (χ1v) is 39.6. The van der Waals surface area contributed by atoms with Gasteiger partial charge in [-0.25, -0.2) is 9.13 Å². The molecular formula is C70H136O17P2. The maximum absolute atomic E-state index is 13.0. The molecule has 0 saturated heterocycles. The van der Waals surface area contributed by atoms with Crippen LogP contribution < -0.4 is 0 Å². The Morgan fingerprint density at radius 3 is 0.798 bits per heavy atom. The van der Waals surface area contributed by atoms with Gasteiger partial charge in [-0.1, -0.05) is 305 Å². The number of aliphatic hydroxyl groups excluding tert-OH is 1. The molecule has 528 valence electrons. The highest BCUT2D eigenvalue weighted by Crippen LogP contribution is 2.45. The largest absolute Gasteiger partial charge is 0.472 e. The van der Waals surface area contributed by atoms with Crippen molar-refractivity contribution in [2.45, 2.75) is 374 Å². The van der Waals surface area contributed by atoms with Gasteiger partial charge < -0.3 is 33.8 Å². The molecule has 0 aromatic heterocycles. The predicted molar refractivity (Wildman–Crippen MR) is 358 cm³/mol. The molecule has 0 aliphatic rings. The van der Waals surface area contributed by atoms with E-state index in [-0.39, 0.29) is 25.7 Å². The molecule has 0 aliphatic carbocycles. The van der Waals surface area contributed by atoms with Gasteiger partial charge in [-0.05, 0) is 37.5 Å². The summed E-state index contributed by atoms with van der Waals surface area (Å²) in [4.78, 5) is 72.4. The Labute approximate surface area is 543 Å². The fourth-order valence-electron chi connectivity index (χ4n) is 10.5. The van der Waals surface area contributed by atoms with Crippen molar-refractivity contribution in [3.63, 3.8) is 0 Å². The van der Waals surface area contributed by atoms with Crippen LogP contribution in [0.25, 0.3) is 0 Å². The van der Waals surface area contributed by atoms with Crippen LogP contribution in [0.5, 0.6) is 0 Å². The molecule has 0 fully saturated rings. The summed E-state index contributed by atoms with van der Waals surface area (Å²) in [5.74, 6) is -0.601. The lowest BCUT2D eigenvalue weighted by atomic mass is 9.99. The van der Waals surface area contributed by atoms with Gasteiger partial charge in [0.1, 0.15) is 19.3 Å². The van der Waals surface area contributed by atoms with Crippen LogP contribution in [0.1, 0.15) is 356 Å². The molecule has 89 heavy (non-hydrogen) atoms. The van der Waals surface area contributed by atoms with E-state index in [2.05, 4.69) is 41.5 Å². The van der Waals surface area contributed by atoms with Crippen LogP contribution in [-0.2, 0) is 65.4 Å². The first kappa shape index (κ1) is 87.1. The highest BCUT2D eigenvalue weighted by atomic mass is 31.2. The molecular weight excluding hydrogens is 1170 g/mol. The fourth-order valence-corrected chi connectivity index (χ4v) is 12.1. The van der Waals surface area contributed by atoms with E-state index in [1.54, 1.807) is 0 Å². The van der Waals surface area contributed by atoms with Crippen LogP contribution in [0.3, 0.4) is 0 Å². The summed E-state index contributed by atoms with van der Waals surface area (Å²) in [7, 11) is -9.89. The van der Waals surface area contributed by atoms with E-state index in [1.807, 2.05) is 0 Å². The van der Waals surface area contributed by atoms with Crippen molar-refractivity contribution in [3.05, 3.63) is 0 Å². The average Bonchev–Trinajstić information content (AvgIpc) is 3.72. The summed E-state index contributed by atoms with van der Waals surface area (Å²) in [6.45, 7) is 9.49. The summed E-state index contributed by atoms with van der Waals surface area (Å²) in [5, 5.41) is 10.6. The Hall–Kier alpha value is -1.94. The topological polar surface area (TPSA) is 237 Å². The summed E-state index contributed by atoms with van der Waals surface area (Å²) < 4.78 is 68.2. The van der Waals surface area contributed by atoms with Gasteiger partial charge in [0.05, 0.1) is 26.4 Å². The SMILES string of the molecule is CCCCCCCCCCCCCCCCCCCCC(=O)O[C@H](COC(=O)CCCCCCCCCCCCC(C)CC)COP(=O)(O)OC[C@@H](O)COP(=O)(O)OC[C@@H](COC(=O)CCCCCCCCC)OC(=O)CCCCCCCCC(C)CC. The van der Waals surface area contributed by atoms with Gasteiger partial charge in [-0.15, -0.1) is 0 Å². The lowest BCUT2D eigenvalue weighted by molar-refractivity contribution is -0.161. The van der Waals surface area contributed by atoms with Crippen LogP contribution in [0.4, 0.5) is 0 Å². The van der Waals surface area contributed by atoms with Crippen LogP contribution in [0.15, 0.2) is 0 Å². The van der Waals surface area contributed by atoms with E-state index in [0.717, 1.165) is 115 Å². The second kappa shape index (κ2) is 62.2. The number of carbonyl (C=O) groups excluding carboxylic acids is 4. The number of aliphatic hydroxyl groups is 1. The fraction of sp³-hybridized carbons (Fsp3) is 0.943. The average molecular weight is 1310 g/mol. The molecule has 17 nitrogen and oxygen atoms in total. The summed E-state index contributed by atoms with van der Waals surface area (Å²) in [5.41, 5.74) is 0. The number of hydrogen-bond donors (Lipinski definition) is 3. The lowest BCUT2D eigenvalue weighted by Gasteiger charge is -2.21. The van der Waals surface area contributed by atoms with Gasteiger partial charge in [0.2, 0.25) is 0 Å². The van der Waals surface area contributed by atoms with Crippen LogP contribution in [-0.4, -0.2) is 96.7 Å². The molecule has 0 aliphatic heterocycles. The molecule has 0 amide bonds. The van der Waals surface area contributed by atoms with Crippen molar-refractivity contribution in [1.82, 2.24) is 0 Å². The highest BCUT2D eigenvalue weighted by molar-refractivity contribution is 7.47. The number of rotatable bonds is 69. The molecule has 4 unspecified atom stereocenters. The minimum absolute atomic E-state index is 0.103. The molecule has 3 N–H and O–H groups in total. The van der Waals surface area contributed by atoms with Gasteiger partial charge in [0.25, 0.3) is 0 Å². The smallest absolute Gasteiger partial charge is 0.462 e. The van der Waals surface area contributed by atoms with Crippen LogP contribution in [0, 0.1) is 11.8 Å². The zero-order valence-corrected chi connectivity index (χ0v) is 59.5. The zero-order valence-electron chi connectivity index (χ0n) is 57.7. The standard InChI is InChI=1S/C70H136O17P2/c1-7-11-13-15-17-18-19-20-21-22-23-24-25-26-31-35-42-48-54-69(74)86-65(59-81-68(73)53-47-41-34-30-28-27-29-33-38-44-50-62(5)9-3)60-84-88(76,77)82-56-64(71)57-83-89(78,79)85-61-66(58-80-67(72)52-46-40-32-16-14-12-8-2)87-70(75)55-49-43-37-36-39-45-51-63(6)10-4/h62-66,71H,7-61H2,1-6H3,(H,76,77)(H,78,79)/t62?,63?,64-,65-,66-/m1/s1. The Morgan fingerprint density at radius 1 is 0.315 bits per heavy atom. The van der Waals surface area contributed by atoms with Crippen LogP contribution >= 0.6 is 15.6 Å². The maximum atomic E-state index is 13.0. The quantitative estimate of drug-likeness (QED) is 0.0222. The number of unbranched alkanes of at least 4 members (excludes halogenated alkanes) is 37. The Kier molecular flexibility index (Phi) is 60.8. The molecule has 0 heterocycles. The Balaban J connectivity index is 5.20. The van der Waals surface area contributed by atoms with Crippen LogP contribution in [0.2, 0.25) is 0 Å². The summed E-state index contributed by atoms with van der Waals surface area (Å²) in [6, 6.07) is 0. The zero-order chi connectivity index (χ0) is 65.7. The molecule has 0 bridgehead atoms.